The molecule has 1 aliphatic heterocycles. The lowest BCUT2D eigenvalue weighted by Gasteiger charge is -2.31. The fourth-order valence-electron chi connectivity index (χ4n) is 4.02. The van der Waals surface area contributed by atoms with Gasteiger partial charge in [-0.25, -0.2) is 9.97 Å². The lowest BCUT2D eigenvalue weighted by atomic mass is 9.97. The fraction of sp³-hybridized carbons (Fsp3) is 0.286. The van der Waals surface area contributed by atoms with Gasteiger partial charge in [-0.05, 0) is 43.5 Å². The highest BCUT2D eigenvalue weighted by molar-refractivity contribution is 5.93. The SMILES string of the molecule is Cc1cccc2[nH]c(C3CCCN(C(=O)c4nc5ccccn5c4F)C3)nc12. The number of nitrogens with one attached hydrogen (secondary N) is 1. The number of pyridine rings is 1. The molecule has 6 nitrogen and oxygen atoms in total. The van der Waals surface area contributed by atoms with Crippen molar-refractivity contribution in [1.82, 2.24) is 24.3 Å². The number of benzene rings is 1. The number of rotatable bonds is 2. The van der Waals surface area contributed by atoms with Gasteiger partial charge in [-0.15, -0.1) is 0 Å². The molecule has 5 rings (SSSR count). The lowest BCUT2D eigenvalue weighted by Crippen LogP contribution is -2.39. The van der Waals surface area contributed by atoms with Crippen LogP contribution in [0.2, 0.25) is 0 Å². The van der Waals surface area contributed by atoms with E-state index in [1.165, 1.54) is 4.40 Å². The molecule has 7 heteroatoms. The number of carbonyl (C=O) groups is 1. The Morgan fingerprint density at radius 1 is 1.21 bits per heavy atom. The molecule has 1 fully saturated rings. The summed E-state index contributed by atoms with van der Waals surface area (Å²) in [4.78, 5) is 27.0. The molecular weight excluding hydrogens is 357 g/mol. The van der Waals surface area contributed by atoms with Crippen LogP contribution < -0.4 is 0 Å². The van der Waals surface area contributed by atoms with E-state index in [0.717, 1.165) is 35.3 Å². The van der Waals surface area contributed by atoms with Gasteiger partial charge < -0.3 is 9.88 Å². The summed E-state index contributed by atoms with van der Waals surface area (Å²) in [6.07, 6.45) is 3.36. The summed E-state index contributed by atoms with van der Waals surface area (Å²) in [7, 11) is 0. The van der Waals surface area contributed by atoms with E-state index in [2.05, 4.69) is 9.97 Å². The zero-order valence-corrected chi connectivity index (χ0v) is 15.5. The number of piperidine rings is 1. The average Bonchev–Trinajstić information content (AvgIpc) is 3.31. The molecule has 1 aromatic carbocycles. The van der Waals surface area contributed by atoms with Gasteiger partial charge >= 0.3 is 0 Å². The van der Waals surface area contributed by atoms with Gasteiger partial charge in [0.25, 0.3) is 5.91 Å². The van der Waals surface area contributed by atoms with Crippen LogP contribution in [0.25, 0.3) is 16.7 Å². The number of aromatic nitrogens is 4. The molecule has 0 saturated carbocycles. The van der Waals surface area contributed by atoms with Crippen molar-refractivity contribution in [3.05, 3.63) is 65.6 Å². The van der Waals surface area contributed by atoms with Gasteiger partial charge in [-0.1, -0.05) is 18.2 Å². The van der Waals surface area contributed by atoms with Crippen LogP contribution >= 0.6 is 0 Å². The smallest absolute Gasteiger partial charge is 0.277 e. The average molecular weight is 377 g/mol. The number of nitrogens with zero attached hydrogens (tertiary/aromatic N) is 4. The Morgan fingerprint density at radius 3 is 2.93 bits per heavy atom. The molecule has 4 heterocycles. The molecule has 4 aromatic rings. The van der Waals surface area contributed by atoms with Gasteiger partial charge in [0.1, 0.15) is 11.5 Å². The Morgan fingerprint density at radius 2 is 2.11 bits per heavy atom. The number of aromatic amines is 1. The van der Waals surface area contributed by atoms with Gasteiger partial charge in [0, 0.05) is 25.2 Å². The molecule has 1 atom stereocenters. The van der Waals surface area contributed by atoms with Crippen LogP contribution in [0.15, 0.2) is 42.6 Å². The number of hydrogen-bond acceptors (Lipinski definition) is 3. The van der Waals surface area contributed by atoms with E-state index in [-0.39, 0.29) is 17.5 Å². The maximum Gasteiger partial charge on any atom is 0.277 e. The predicted octanol–water partition coefficient (Wildman–Crippen LogP) is 3.68. The first-order valence-corrected chi connectivity index (χ1v) is 9.49. The molecule has 1 amide bonds. The molecule has 0 radical (unpaired) electrons. The third-order valence-electron chi connectivity index (χ3n) is 5.50. The zero-order valence-electron chi connectivity index (χ0n) is 15.5. The summed E-state index contributed by atoms with van der Waals surface area (Å²) in [5.41, 5.74) is 3.41. The minimum Gasteiger partial charge on any atom is -0.342 e. The Kier molecular flexibility index (Phi) is 3.89. The van der Waals surface area contributed by atoms with E-state index in [0.29, 0.717) is 18.7 Å². The first-order valence-electron chi connectivity index (χ1n) is 9.49. The number of para-hydroxylation sites is 1. The molecule has 1 aliphatic rings. The van der Waals surface area contributed by atoms with Crippen LogP contribution in [0.3, 0.4) is 0 Å². The largest absolute Gasteiger partial charge is 0.342 e. The van der Waals surface area contributed by atoms with E-state index in [1.54, 1.807) is 29.3 Å². The maximum absolute atomic E-state index is 14.7. The highest BCUT2D eigenvalue weighted by Gasteiger charge is 2.30. The standard InChI is InChI=1S/C21H20FN5O/c1-13-6-4-8-15-17(13)25-20(23-15)14-7-5-10-26(12-14)21(28)18-19(22)27-11-3-2-9-16(27)24-18/h2-4,6,8-9,11,14H,5,7,10,12H2,1H3,(H,23,25). The van der Waals surface area contributed by atoms with Crippen LogP contribution in [0.5, 0.6) is 0 Å². The molecule has 28 heavy (non-hydrogen) atoms. The normalized spacial score (nSPS) is 17.5. The van der Waals surface area contributed by atoms with Crippen LogP contribution in [0.1, 0.15) is 40.6 Å². The summed E-state index contributed by atoms with van der Waals surface area (Å²) >= 11 is 0. The second-order valence-electron chi connectivity index (χ2n) is 7.36. The van der Waals surface area contributed by atoms with E-state index >= 15 is 0 Å². The number of H-pyrrole nitrogens is 1. The second-order valence-corrected chi connectivity index (χ2v) is 7.36. The second kappa shape index (κ2) is 6.44. The van der Waals surface area contributed by atoms with Gasteiger partial charge in [0.2, 0.25) is 5.95 Å². The quantitative estimate of drug-likeness (QED) is 0.580. The van der Waals surface area contributed by atoms with E-state index in [1.807, 2.05) is 25.1 Å². The van der Waals surface area contributed by atoms with Crippen LogP contribution in [-0.2, 0) is 0 Å². The number of aryl methyl sites for hydroxylation is 1. The minimum absolute atomic E-state index is 0.101. The predicted molar refractivity (Wildman–Crippen MR) is 104 cm³/mol. The number of amides is 1. The van der Waals surface area contributed by atoms with E-state index in [4.69, 9.17) is 4.98 Å². The third-order valence-corrected chi connectivity index (χ3v) is 5.50. The highest BCUT2D eigenvalue weighted by atomic mass is 19.1. The topological polar surface area (TPSA) is 66.3 Å². The van der Waals surface area contributed by atoms with Crippen molar-refractivity contribution in [1.29, 1.82) is 0 Å². The van der Waals surface area contributed by atoms with Crippen molar-refractivity contribution in [3.63, 3.8) is 0 Å². The summed E-state index contributed by atoms with van der Waals surface area (Å²) in [6, 6.07) is 11.2. The third kappa shape index (κ3) is 2.66. The molecule has 0 bridgehead atoms. The summed E-state index contributed by atoms with van der Waals surface area (Å²) < 4.78 is 16.0. The number of imidazole rings is 2. The van der Waals surface area contributed by atoms with Crippen molar-refractivity contribution in [2.24, 2.45) is 0 Å². The Labute approximate surface area is 161 Å². The summed E-state index contributed by atoms with van der Waals surface area (Å²) in [5.74, 6) is 0.0159. The van der Waals surface area contributed by atoms with Gasteiger partial charge in [-0.3, -0.25) is 9.20 Å². The molecule has 0 spiro atoms. The van der Waals surface area contributed by atoms with Crippen molar-refractivity contribution in [2.45, 2.75) is 25.7 Å². The molecule has 1 unspecified atom stereocenters. The number of fused-ring (bicyclic) bond motifs is 2. The lowest BCUT2D eigenvalue weighted by molar-refractivity contribution is 0.0694. The Balaban J connectivity index is 1.43. The van der Waals surface area contributed by atoms with E-state index in [9.17, 15) is 9.18 Å². The summed E-state index contributed by atoms with van der Waals surface area (Å²) in [6.45, 7) is 3.14. The molecule has 3 aromatic heterocycles. The van der Waals surface area contributed by atoms with Gasteiger partial charge in [0.15, 0.2) is 5.69 Å². The number of carbonyl (C=O) groups excluding carboxylic acids is 1. The van der Waals surface area contributed by atoms with Gasteiger partial charge in [0.05, 0.1) is 11.0 Å². The van der Waals surface area contributed by atoms with Crippen LogP contribution in [0.4, 0.5) is 4.39 Å². The highest BCUT2D eigenvalue weighted by Crippen LogP contribution is 2.28. The van der Waals surface area contributed by atoms with Crippen LogP contribution in [0, 0.1) is 12.9 Å². The molecule has 142 valence electrons. The monoisotopic (exact) mass is 377 g/mol. The Hall–Kier alpha value is -3.22. The van der Waals surface area contributed by atoms with Crippen molar-refractivity contribution >= 4 is 22.6 Å². The first kappa shape index (κ1) is 16.9. The minimum atomic E-state index is -0.609. The van der Waals surface area contributed by atoms with Crippen molar-refractivity contribution in [2.75, 3.05) is 13.1 Å². The van der Waals surface area contributed by atoms with Crippen molar-refractivity contribution in [3.8, 4) is 0 Å². The van der Waals surface area contributed by atoms with E-state index < -0.39 is 5.95 Å². The Bertz CT molecular complexity index is 1190. The molecule has 1 N–H and O–H groups in total. The van der Waals surface area contributed by atoms with Gasteiger partial charge in [-0.2, -0.15) is 4.39 Å². The molecular formula is C21H20FN5O. The number of halogens is 1. The summed E-state index contributed by atoms with van der Waals surface area (Å²) in [5, 5.41) is 0. The zero-order chi connectivity index (χ0) is 19.3. The number of hydrogen-bond donors (Lipinski definition) is 1. The first-order chi connectivity index (χ1) is 13.6. The maximum atomic E-state index is 14.7. The fourth-order valence-corrected chi connectivity index (χ4v) is 4.02. The molecule has 0 aliphatic carbocycles. The van der Waals surface area contributed by atoms with Crippen molar-refractivity contribution < 1.29 is 9.18 Å². The number of likely N-dealkylation sites (tertiary alicyclic amines) is 1. The molecule has 1 saturated heterocycles. The van der Waals surface area contributed by atoms with Crippen LogP contribution in [-0.4, -0.2) is 43.2 Å².